The second kappa shape index (κ2) is 11.4. The van der Waals surface area contributed by atoms with Crippen LogP contribution < -0.4 is 15.4 Å². The lowest BCUT2D eigenvalue weighted by Gasteiger charge is -2.32. The lowest BCUT2D eigenvalue weighted by atomic mass is 10.1. The summed E-state index contributed by atoms with van der Waals surface area (Å²) in [5, 5.41) is 5.79. The number of hydrogen-bond donors (Lipinski definition) is 2. The third-order valence-corrected chi connectivity index (χ3v) is 5.90. The van der Waals surface area contributed by atoms with Gasteiger partial charge < -0.3 is 19.9 Å². The van der Waals surface area contributed by atoms with Crippen LogP contribution in [0.2, 0.25) is 0 Å². The van der Waals surface area contributed by atoms with Crippen LogP contribution in [0.15, 0.2) is 46.9 Å². The molecular formula is C23H27BrN4O3S. The van der Waals surface area contributed by atoms with Crippen LogP contribution in [0.3, 0.4) is 0 Å². The number of para-hydroxylation sites is 1. The standard InChI is InChI=1S/C23H27BrN4O3S/c1-3-14-31-20-9-8-16(15-18(20)24)21(29)26-23(32)25-19-7-5-4-6-17(19)22(30)28-12-10-27(2)11-13-28/h4-9,15H,3,10-14H2,1-2H3,(H2,25,26,29,32). The van der Waals surface area contributed by atoms with E-state index in [0.717, 1.165) is 19.5 Å². The molecule has 3 rings (SSSR count). The SMILES string of the molecule is CCCOc1ccc(C(=O)NC(=S)Nc2ccccc2C(=O)N2CCN(C)CC2)cc1Br. The fourth-order valence-electron chi connectivity index (χ4n) is 3.26. The Labute approximate surface area is 202 Å². The van der Waals surface area contributed by atoms with Crippen LogP contribution in [0.4, 0.5) is 5.69 Å². The number of anilines is 1. The topological polar surface area (TPSA) is 73.9 Å². The van der Waals surface area contributed by atoms with Gasteiger partial charge in [-0.1, -0.05) is 19.1 Å². The van der Waals surface area contributed by atoms with Gasteiger partial charge in [0.1, 0.15) is 5.75 Å². The normalized spacial score (nSPS) is 14.0. The van der Waals surface area contributed by atoms with Gasteiger partial charge in [0, 0.05) is 31.7 Å². The van der Waals surface area contributed by atoms with Gasteiger partial charge in [0.25, 0.3) is 11.8 Å². The molecule has 2 N–H and O–H groups in total. The highest BCUT2D eigenvalue weighted by atomic mass is 79.9. The van der Waals surface area contributed by atoms with Crippen molar-refractivity contribution in [3.05, 3.63) is 58.1 Å². The number of hydrogen-bond acceptors (Lipinski definition) is 5. The van der Waals surface area contributed by atoms with Gasteiger partial charge in [-0.25, -0.2) is 0 Å². The molecule has 2 aromatic carbocycles. The van der Waals surface area contributed by atoms with Crippen molar-refractivity contribution in [2.45, 2.75) is 13.3 Å². The monoisotopic (exact) mass is 518 g/mol. The van der Waals surface area contributed by atoms with Crippen LogP contribution in [-0.4, -0.2) is 66.6 Å². The van der Waals surface area contributed by atoms with Crippen LogP contribution in [-0.2, 0) is 0 Å². The molecule has 0 aliphatic carbocycles. The summed E-state index contributed by atoms with van der Waals surface area (Å²) >= 11 is 8.77. The molecular weight excluding hydrogens is 492 g/mol. The third kappa shape index (κ3) is 6.27. The lowest BCUT2D eigenvalue weighted by Crippen LogP contribution is -2.47. The van der Waals surface area contributed by atoms with Crippen LogP contribution in [0, 0.1) is 0 Å². The minimum atomic E-state index is -0.354. The number of halogens is 1. The predicted octanol–water partition coefficient (Wildman–Crippen LogP) is 3.75. The van der Waals surface area contributed by atoms with Crippen molar-refractivity contribution in [2.24, 2.45) is 0 Å². The fraction of sp³-hybridized carbons (Fsp3) is 0.348. The number of rotatable bonds is 6. The van der Waals surface area contributed by atoms with Crippen LogP contribution in [0.25, 0.3) is 0 Å². The van der Waals surface area contributed by atoms with Gasteiger partial charge in [0.05, 0.1) is 22.3 Å². The maximum Gasteiger partial charge on any atom is 0.257 e. The van der Waals surface area contributed by atoms with Crippen molar-refractivity contribution >= 4 is 50.8 Å². The summed E-state index contributed by atoms with van der Waals surface area (Å²) in [5.74, 6) is 0.274. The first kappa shape index (κ1) is 24.2. The zero-order valence-corrected chi connectivity index (χ0v) is 20.6. The molecule has 32 heavy (non-hydrogen) atoms. The Morgan fingerprint density at radius 3 is 2.53 bits per heavy atom. The van der Waals surface area contributed by atoms with Crippen LogP contribution in [0.5, 0.6) is 5.75 Å². The second-order valence-corrected chi connectivity index (χ2v) is 8.81. The average molecular weight is 519 g/mol. The molecule has 0 bridgehead atoms. The maximum absolute atomic E-state index is 13.0. The molecule has 0 aromatic heterocycles. The molecule has 0 spiro atoms. The molecule has 0 unspecified atom stereocenters. The highest BCUT2D eigenvalue weighted by Crippen LogP contribution is 2.26. The van der Waals surface area contributed by atoms with E-state index in [1.165, 1.54) is 0 Å². The van der Waals surface area contributed by atoms with E-state index in [1.807, 2.05) is 31.0 Å². The number of piperazine rings is 1. The molecule has 7 nitrogen and oxygen atoms in total. The number of likely N-dealkylation sites (N-methyl/N-ethyl adjacent to an activating group) is 1. The van der Waals surface area contributed by atoms with E-state index in [-0.39, 0.29) is 16.9 Å². The Morgan fingerprint density at radius 2 is 1.84 bits per heavy atom. The summed E-state index contributed by atoms with van der Waals surface area (Å²) in [6.45, 7) is 5.67. The minimum absolute atomic E-state index is 0.0538. The third-order valence-electron chi connectivity index (χ3n) is 5.08. The van der Waals surface area contributed by atoms with Gasteiger partial charge >= 0.3 is 0 Å². The maximum atomic E-state index is 13.0. The van der Waals surface area contributed by atoms with E-state index >= 15 is 0 Å². The Kier molecular flexibility index (Phi) is 8.60. The Bertz CT molecular complexity index is 993. The number of nitrogens with zero attached hydrogens (tertiary/aromatic N) is 2. The Balaban J connectivity index is 1.64. The van der Waals surface area contributed by atoms with Gasteiger partial charge in [-0.3, -0.25) is 14.9 Å². The molecule has 0 saturated carbocycles. The van der Waals surface area contributed by atoms with E-state index < -0.39 is 0 Å². The molecule has 2 amide bonds. The van der Waals surface area contributed by atoms with E-state index in [4.69, 9.17) is 17.0 Å². The summed E-state index contributed by atoms with van der Waals surface area (Å²) in [5.41, 5.74) is 1.52. The first-order chi connectivity index (χ1) is 15.4. The summed E-state index contributed by atoms with van der Waals surface area (Å²) in [6.07, 6.45) is 0.896. The molecule has 1 aliphatic heterocycles. The number of carbonyl (C=O) groups excluding carboxylic acids is 2. The number of benzene rings is 2. The quantitative estimate of drug-likeness (QED) is 0.567. The molecule has 9 heteroatoms. The van der Waals surface area contributed by atoms with E-state index in [9.17, 15) is 9.59 Å². The average Bonchev–Trinajstić information content (AvgIpc) is 2.78. The first-order valence-corrected chi connectivity index (χ1v) is 11.7. The van der Waals surface area contributed by atoms with Gasteiger partial charge in [0.2, 0.25) is 0 Å². The number of nitrogens with one attached hydrogen (secondary N) is 2. The molecule has 170 valence electrons. The Hall–Kier alpha value is -2.49. The smallest absolute Gasteiger partial charge is 0.257 e. The molecule has 2 aromatic rings. The highest BCUT2D eigenvalue weighted by molar-refractivity contribution is 9.10. The Morgan fingerprint density at radius 1 is 1.12 bits per heavy atom. The highest BCUT2D eigenvalue weighted by Gasteiger charge is 2.22. The van der Waals surface area contributed by atoms with E-state index in [1.54, 1.807) is 30.3 Å². The summed E-state index contributed by atoms with van der Waals surface area (Å²) in [6, 6.07) is 12.3. The molecule has 1 aliphatic rings. The molecule has 1 saturated heterocycles. The molecule has 0 radical (unpaired) electrons. The number of ether oxygens (including phenoxy) is 1. The minimum Gasteiger partial charge on any atom is -0.492 e. The predicted molar refractivity (Wildman–Crippen MR) is 133 cm³/mol. The largest absolute Gasteiger partial charge is 0.492 e. The number of amides is 2. The van der Waals surface area contributed by atoms with Crippen molar-refractivity contribution in [1.82, 2.24) is 15.1 Å². The second-order valence-electron chi connectivity index (χ2n) is 7.54. The summed E-state index contributed by atoms with van der Waals surface area (Å²) in [4.78, 5) is 29.7. The van der Waals surface area contributed by atoms with Crippen molar-refractivity contribution < 1.29 is 14.3 Å². The van der Waals surface area contributed by atoms with Crippen molar-refractivity contribution in [3.63, 3.8) is 0 Å². The lowest BCUT2D eigenvalue weighted by molar-refractivity contribution is 0.0665. The first-order valence-electron chi connectivity index (χ1n) is 10.5. The van der Waals surface area contributed by atoms with Crippen molar-refractivity contribution in [1.29, 1.82) is 0 Å². The molecule has 0 atom stereocenters. The summed E-state index contributed by atoms with van der Waals surface area (Å²) in [7, 11) is 2.04. The van der Waals surface area contributed by atoms with Gasteiger partial charge in [-0.15, -0.1) is 0 Å². The number of carbonyl (C=O) groups is 2. The summed E-state index contributed by atoms with van der Waals surface area (Å²) < 4.78 is 6.31. The van der Waals surface area contributed by atoms with Gasteiger partial charge in [0.15, 0.2) is 5.11 Å². The van der Waals surface area contributed by atoms with E-state index in [0.29, 0.717) is 46.7 Å². The molecule has 1 fully saturated rings. The van der Waals surface area contributed by atoms with Crippen LogP contribution >= 0.6 is 28.1 Å². The van der Waals surface area contributed by atoms with E-state index in [2.05, 4.69) is 31.5 Å². The van der Waals surface area contributed by atoms with Gasteiger partial charge in [-0.05, 0) is 71.9 Å². The fourth-order valence-corrected chi connectivity index (χ4v) is 3.95. The zero-order valence-electron chi connectivity index (χ0n) is 18.2. The number of thiocarbonyl (C=S) groups is 1. The van der Waals surface area contributed by atoms with Gasteiger partial charge in [-0.2, -0.15) is 0 Å². The van der Waals surface area contributed by atoms with Crippen molar-refractivity contribution in [2.75, 3.05) is 45.2 Å². The molecule has 1 heterocycles. The van der Waals surface area contributed by atoms with Crippen molar-refractivity contribution in [3.8, 4) is 5.75 Å². The zero-order chi connectivity index (χ0) is 23.1. The van der Waals surface area contributed by atoms with Crippen LogP contribution in [0.1, 0.15) is 34.1 Å².